The molecule has 0 atom stereocenters. The van der Waals surface area contributed by atoms with E-state index in [9.17, 15) is 23.2 Å². The smallest absolute Gasteiger partial charge is 0.416 e. The third-order valence-electron chi connectivity index (χ3n) is 4.67. The Labute approximate surface area is 218 Å². The maximum atomic E-state index is 12.9. The Balaban J connectivity index is 1.81. The Hall–Kier alpha value is -3.23. The van der Waals surface area contributed by atoms with Gasteiger partial charge in [0.05, 0.1) is 16.2 Å². The first-order chi connectivity index (χ1) is 16.6. The minimum Gasteiger partial charge on any atom is -0.493 e. The summed E-state index contributed by atoms with van der Waals surface area (Å²) in [5, 5.41) is 12.4. The van der Waals surface area contributed by atoms with E-state index in [1.165, 1.54) is 25.3 Å². The van der Waals surface area contributed by atoms with Gasteiger partial charge in [0.25, 0.3) is 5.91 Å². The molecule has 3 aromatic rings. The second kappa shape index (κ2) is 11.5. The summed E-state index contributed by atoms with van der Waals surface area (Å²) >= 11 is 7.94. The highest BCUT2D eigenvalue weighted by molar-refractivity contribution is 14.1. The number of alkyl halides is 3. The van der Waals surface area contributed by atoms with Gasteiger partial charge in [-0.15, -0.1) is 0 Å². The minimum absolute atomic E-state index is 0.0796. The number of carbonyl (C=O) groups excluding carboxylic acids is 1. The van der Waals surface area contributed by atoms with Crippen molar-refractivity contribution in [1.29, 1.82) is 5.26 Å². The monoisotopic (exact) mass is 612 g/mol. The van der Waals surface area contributed by atoms with Gasteiger partial charge in [-0.05, 0) is 82.3 Å². The molecule has 3 aromatic carbocycles. The Bertz CT molecular complexity index is 1300. The number of anilines is 1. The van der Waals surface area contributed by atoms with Crippen LogP contribution in [0.5, 0.6) is 11.5 Å². The van der Waals surface area contributed by atoms with E-state index in [4.69, 9.17) is 21.1 Å². The van der Waals surface area contributed by atoms with Crippen LogP contribution in [0.3, 0.4) is 0 Å². The third-order valence-corrected chi connectivity index (χ3v) is 5.73. The Morgan fingerprint density at radius 1 is 1.17 bits per heavy atom. The summed E-state index contributed by atoms with van der Waals surface area (Å²) in [5.41, 5.74) is 0.0838. The summed E-state index contributed by atoms with van der Waals surface area (Å²) in [6.45, 7) is 0.265. The van der Waals surface area contributed by atoms with E-state index in [1.807, 2.05) is 34.7 Å². The highest BCUT2D eigenvalue weighted by Crippen LogP contribution is 2.35. The van der Waals surface area contributed by atoms with Gasteiger partial charge in [-0.1, -0.05) is 29.8 Å². The fraction of sp³-hybridized carbons (Fsp3) is 0.120. The van der Waals surface area contributed by atoms with Gasteiger partial charge in [0.2, 0.25) is 0 Å². The fourth-order valence-electron chi connectivity index (χ4n) is 2.99. The molecule has 0 aliphatic heterocycles. The van der Waals surface area contributed by atoms with Crippen molar-refractivity contribution in [2.45, 2.75) is 12.8 Å². The summed E-state index contributed by atoms with van der Waals surface area (Å²) < 4.78 is 50.8. The van der Waals surface area contributed by atoms with Crippen LogP contribution in [-0.2, 0) is 17.6 Å². The molecule has 180 valence electrons. The lowest BCUT2D eigenvalue weighted by Gasteiger charge is -2.14. The predicted molar refractivity (Wildman–Crippen MR) is 135 cm³/mol. The van der Waals surface area contributed by atoms with E-state index in [0.29, 0.717) is 25.7 Å². The number of ether oxygens (including phenoxy) is 2. The number of hydrogen-bond acceptors (Lipinski definition) is 4. The Morgan fingerprint density at radius 3 is 2.51 bits per heavy atom. The van der Waals surface area contributed by atoms with Gasteiger partial charge in [0.1, 0.15) is 18.2 Å². The van der Waals surface area contributed by atoms with Gasteiger partial charge in [0, 0.05) is 10.7 Å². The number of nitrogens with zero attached hydrogens (tertiary/aromatic N) is 1. The number of nitriles is 1. The molecule has 0 radical (unpaired) electrons. The number of nitrogens with one attached hydrogen (secondary N) is 1. The van der Waals surface area contributed by atoms with Crippen molar-refractivity contribution >= 4 is 51.9 Å². The number of amides is 1. The molecule has 1 N–H and O–H groups in total. The zero-order chi connectivity index (χ0) is 25.6. The van der Waals surface area contributed by atoms with Gasteiger partial charge in [-0.3, -0.25) is 4.79 Å². The number of hydrogen-bond donors (Lipinski definition) is 1. The van der Waals surface area contributed by atoms with E-state index in [-0.39, 0.29) is 17.9 Å². The van der Waals surface area contributed by atoms with E-state index in [1.54, 1.807) is 30.3 Å². The number of halogens is 5. The predicted octanol–water partition coefficient (Wildman–Crippen LogP) is 7.10. The maximum absolute atomic E-state index is 12.9. The molecule has 0 saturated carbocycles. The van der Waals surface area contributed by atoms with Gasteiger partial charge >= 0.3 is 6.18 Å². The average molecular weight is 613 g/mol. The second-order valence-electron chi connectivity index (χ2n) is 7.15. The van der Waals surface area contributed by atoms with Crippen LogP contribution < -0.4 is 14.8 Å². The summed E-state index contributed by atoms with van der Waals surface area (Å²) in [7, 11) is 1.46. The van der Waals surface area contributed by atoms with Crippen molar-refractivity contribution in [3.8, 4) is 17.6 Å². The molecule has 0 aliphatic rings. The van der Waals surface area contributed by atoms with Crippen molar-refractivity contribution in [1.82, 2.24) is 0 Å². The average Bonchev–Trinajstić information content (AvgIpc) is 2.82. The first kappa shape index (κ1) is 26.4. The standard InChI is InChI=1S/C25H17ClF3IN2O3/c1-34-22-11-16(10-21(30)23(22)35-14-15-5-7-19(26)8-6-15)9-17(13-31)24(33)32-20-4-2-3-18(12-20)25(27,28)29/h2-12H,14H2,1H3,(H,32,33)/b17-9+. The second-order valence-corrected chi connectivity index (χ2v) is 8.75. The van der Waals surface area contributed by atoms with Crippen LogP contribution in [0.15, 0.2) is 66.2 Å². The minimum atomic E-state index is -4.56. The molecule has 0 fully saturated rings. The number of rotatable bonds is 7. The summed E-state index contributed by atoms with van der Waals surface area (Å²) in [4.78, 5) is 12.5. The largest absolute Gasteiger partial charge is 0.493 e. The summed E-state index contributed by atoms with van der Waals surface area (Å²) in [5.74, 6) is 0.0173. The molecular formula is C25H17ClF3IN2O3. The molecule has 1 amide bonds. The lowest BCUT2D eigenvalue weighted by Crippen LogP contribution is -2.14. The van der Waals surface area contributed by atoms with Crippen LogP contribution in [0.2, 0.25) is 5.02 Å². The number of benzene rings is 3. The van der Waals surface area contributed by atoms with Gasteiger partial charge < -0.3 is 14.8 Å². The molecule has 0 aromatic heterocycles. The van der Waals surface area contributed by atoms with Crippen molar-refractivity contribution in [3.05, 3.63) is 91.5 Å². The van der Waals surface area contributed by atoms with Crippen molar-refractivity contribution < 1.29 is 27.4 Å². The molecular weight excluding hydrogens is 596 g/mol. The number of carbonyl (C=O) groups is 1. The highest BCUT2D eigenvalue weighted by atomic mass is 127. The normalized spacial score (nSPS) is 11.5. The van der Waals surface area contributed by atoms with Crippen molar-refractivity contribution in [3.63, 3.8) is 0 Å². The zero-order valence-electron chi connectivity index (χ0n) is 18.1. The van der Waals surface area contributed by atoms with Gasteiger partial charge in [-0.2, -0.15) is 18.4 Å². The van der Waals surface area contributed by atoms with Crippen LogP contribution in [0.4, 0.5) is 18.9 Å². The molecule has 5 nitrogen and oxygen atoms in total. The molecule has 0 heterocycles. The zero-order valence-corrected chi connectivity index (χ0v) is 21.0. The SMILES string of the molecule is COc1cc(/C=C(\C#N)C(=O)Nc2cccc(C(F)(F)F)c2)cc(I)c1OCc1ccc(Cl)cc1. The highest BCUT2D eigenvalue weighted by Gasteiger charge is 2.30. The van der Waals surface area contributed by atoms with Crippen LogP contribution in [-0.4, -0.2) is 13.0 Å². The van der Waals surface area contributed by atoms with Crippen LogP contribution >= 0.6 is 34.2 Å². The Kier molecular flexibility index (Phi) is 8.64. The Morgan fingerprint density at radius 2 is 1.89 bits per heavy atom. The van der Waals surface area contributed by atoms with Crippen LogP contribution in [0, 0.1) is 14.9 Å². The molecule has 35 heavy (non-hydrogen) atoms. The van der Waals surface area contributed by atoms with Crippen LogP contribution in [0.1, 0.15) is 16.7 Å². The number of methoxy groups -OCH3 is 1. The molecule has 0 saturated heterocycles. The lowest BCUT2D eigenvalue weighted by atomic mass is 10.1. The van der Waals surface area contributed by atoms with Crippen molar-refractivity contribution in [2.75, 3.05) is 12.4 Å². The van der Waals surface area contributed by atoms with Gasteiger partial charge in [0.15, 0.2) is 11.5 Å². The summed E-state index contributed by atoms with van der Waals surface area (Å²) in [6.07, 6.45) is -3.24. The van der Waals surface area contributed by atoms with E-state index >= 15 is 0 Å². The first-order valence-electron chi connectivity index (χ1n) is 9.96. The molecule has 10 heteroatoms. The third kappa shape index (κ3) is 7.13. The van der Waals surface area contributed by atoms with E-state index < -0.39 is 17.6 Å². The molecule has 0 unspecified atom stereocenters. The molecule has 3 rings (SSSR count). The maximum Gasteiger partial charge on any atom is 0.416 e. The summed E-state index contributed by atoms with van der Waals surface area (Å²) in [6, 6.07) is 16.4. The topological polar surface area (TPSA) is 71.3 Å². The van der Waals surface area contributed by atoms with Crippen molar-refractivity contribution in [2.24, 2.45) is 0 Å². The van der Waals surface area contributed by atoms with E-state index in [2.05, 4.69) is 5.32 Å². The van der Waals surface area contributed by atoms with Gasteiger partial charge in [-0.25, -0.2) is 0 Å². The quantitative estimate of drug-likeness (QED) is 0.176. The van der Waals surface area contributed by atoms with E-state index in [0.717, 1.165) is 17.7 Å². The van der Waals surface area contributed by atoms with Crippen LogP contribution in [0.25, 0.3) is 6.08 Å². The molecule has 0 spiro atoms. The first-order valence-corrected chi connectivity index (χ1v) is 11.4. The molecule has 0 bridgehead atoms. The lowest BCUT2D eigenvalue weighted by molar-refractivity contribution is -0.137. The molecule has 0 aliphatic carbocycles. The fourth-order valence-corrected chi connectivity index (χ4v) is 3.89.